The van der Waals surface area contributed by atoms with Crippen molar-refractivity contribution in [3.05, 3.63) is 41.1 Å². The minimum Gasteiger partial charge on any atom is -0.373 e. The molecule has 0 aliphatic rings. The number of hydrogen-bond donors (Lipinski definition) is 2. The first-order chi connectivity index (χ1) is 9.11. The number of anilines is 1. The number of rotatable bonds is 4. The van der Waals surface area contributed by atoms with Crippen molar-refractivity contribution >= 4 is 23.3 Å². The lowest BCUT2D eigenvalue weighted by Gasteiger charge is -2.07. The van der Waals surface area contributed by atoms with E-state index in [2.05, 4.69) is 20.6 Å². The minimum absolute atomic E-state index is 0.197. The van der Waals surface area contributed by atoms with Gasteiger partial charge >= 0.3 is 0 Å². The summed E-state index contributed by atoms with van der Waals surface area (Å²) in [4.78, 5) is 20.3. The molecule has 0 saturated heterocycles. The molecule has 2 rings (SSSR count). The molecule has 2 N–H and O–H groups in total. The van der Waals surface area contributed by atoms with Gasteiger partial charge in [0.15, 0.2) is 0 Å². The fourth-order valence-corrected chi connectivity index (χ4v) is 1.74. The molecule has 0 saturated carbocycles. The highest BCUT2D eigenvalue weighted by atomic mass is 35.5. The number of aryl methyl sites for hydroxylation is 1. The molecule has 7 heteroatoms. The van der Waals surface area contributed by atoms with Crippen LogP contribution in [0, 0.1) is 0 Å². The smallest absolute Gasteiger partial charge is 0.271 e. The third kappa shape index (κ3) is 3.03. The molecular formula is C12H14ClN5O. The molecule has 0 aliphatic heterocycles. The van der Waals surface area contributed by atoms with E-state index in [0.717, 1.165) is 5.82 Å². The minimum atomic E-state index is -0.329. The average molecular weight is 280 g/mol. The lowest BCUT2D eigenvalue weighted by molar-refractivity contribution is 0.0945. The summed E-state index contributed by atoms with van der Waals surface area (Å²) < 4.78 is 1.83. The molecule has 0 aliphatic carbocycles. The number of carbonyl (C=O) groups excluding carboxylic acids is 1. The van der Waals surface area contributed by atoms with Gasteiger partial charge < -0.3 is 15.2 Å². The molecule has 0 aromatic carbocycles. The average Bonchev–Trinajstić information content (AvgIpc) is 2.82. The van der Waals surface area contributed by atoms with Crippen LogP contribution in [0.15, 0.2) is 24.5 Å². The molecule has 6 nitrogen and oxygen atoms in total. The van der Waals surface area contributed by atoms with E-state index in [-0.39, 0.29) is 11.6 Å². The number of hydrogen-bond acceptors (Lipinski definition) is 4. The van der Waals surface area contributed by atoms with Crippen molar-refractivity contribution in [1.82, 2.24) is 19.9 Å². The van der Waals surface area contributed by atoms with Crippen molar-refractivity contribution in [3.63, 3.8) is 0 Å². The number of carbonyl (C=O) groups is 1. The van der Waals surface area contributed by atoms with E-state index in [1.807, 2.05) is 17.8 Å². The quantitative estimate of drug-likeness (QED) is 0.888. The summed E-state index contributed by atoms with van der Waals surface area (Å²) in [6, 6.07) is 3.34. The van der Waals surface area contributed by atoms with Gasteiger partial charge in [-0.2, -0.15) is 0 Å². The first kappa shape index (κ1) is 13.4. The number of pyridine rings is 1. The Hall–Kier alpha value is -2.08. The second-order valence-electron chi connectivity index (χ2n) is 3.91. The molecule has 2 heterocycles. The molecule has 0 atom stereocenters. The Labute approximate surface area is 115 Å². The van der Waals surface area contributed by atoms with Crippen molar-refractivity contribution in [3.8, 4) is 0 Å². The largest absolute Gasteiger partial charge is 0.373 e. The SMILES string of the molecule is CNc1ccc(Cl)c(C(=O)NCc2nccn2C)n1. The first-order valence-corrected chi connectivity index (χ1v) is 6.08. The van der Waals surface area contributed by atoms with Crippen molar-refractivity contribution in [1.29, 1.82) is 0 Å². The number of nitrogens with one attached hydrogen (secondary N) is 2. The molecule has 19 heavy (non-hydrogen) atoms. The van der Waals surface area contributed by atoms with Crippen LogP contribution in [0.3, 0.4) is 0 Å². The van der Waals surface area contributed by atoms with Gasteiger partial charge in [0.25, 0.3) is 5.91 Å². The van der Waals surface area contributed by atoms with E-state index in [1.165, 1.54) is 0 Å². The molecule has 2 aromatic rings. The van der Waals surface area contributed by atoms with Crippen molar-refractivity contribution < 1.29 is 4.79 Å². The summed E-state index contributed by atoms with van der Waals surface area (Å²) in [5.41, 5.74) is 0.197. The Morgan fingerprint density at radius 2 is 2.26 bits per heavy atom. The highest BCUT2D eigenvalue weighted by Gasteiger charge is 2.13. The van der Waals surface area contributed by atoms with Crippen molar-refractivity contribution in [2.24, 2.45) is 7.05 Å². The zero-order valence-electron chi connectivity index (χ0n) is 10.6. The van der Waals surface area contributed by atoms with Gasteiger partial charge in [0, 0.05) is 26.5 Å². The normalized spacial score (nSPS) is 10.3. The van der Waals surface area contributed by atoms with Gasteiger partial charge in [-0.25, -0.2) is 9.97 Å². The van der Waals surface area contributed by atoms with E-state index >= 15 is 0 Å². The van der Waals surface area contributed by atoms with E-state index in [1.54, 1.807) is 25.4 Å². The summed E-state index contributed by atoms with van der Waals surface area (Å²) in [5, 5.41) is 5.92. The molecule has 1 amide bonds. The van der Waals surface area contributed by atoms with Gasteiger partial charge in [-0.3, -0.25) is 4.79 Å². The van der Waals surface area contributed by atoms with Gasteiger partial charge in [-0.05, 0) is 12.1 Å². The highest BCUT2D eigenvalue weighted by Crippen LogP contribution is 2.16. The Bertz CT molecular complexity index is 596. The fraction of sp³-hybridized carbons (Fsp3) is 0.250. The van der Waals surface area contributed by atoms with Crippen LogP contribution in [0.5, 0.6) is 0 Å². The predicted octanol–water partition coefficient (Wildman–Crippen LogP) is 1.44. The lowest BCUT2D eigenvalue weighted by atomic mass is 10.3. The predicted molar refractivity (Wildman–Crippen MR) is 73.2 cm³/mol. The van der Waals surface area contributed by atoms with Crippen LogP contribution < -0.4 is 10.6 Å². The van der Waals surface area contributed by atoms with Crippen LogP contribution in [-0.4, -0.2) is 27.5 Å². The van der Waals surface area contributed by atoms with Crippen molar-refractivity contribution in [2.75, 3.05) is 12.4 Å². The Balaban J connectivity index is 2.10. The lowest BCUT2D eigenvalue weighted by Crippen LogP contribution is -2.25. The summed E-state index contributed by atoms with van der Waals surface area (Å²) in [5.74, 6) is 1.02. The molecule has 0 radical (unpaired) electrons. The van der Waals surface area contributed by atoms with Gasteiger partial charge in [0.05, 0.1) is 11.6 Å². The van der Waals surface area contributed by atoms with Crippen LogP contribution in [0.1, 0.15) is 16.3 Å². The van der Waals surface area contributed by atoms with E-state index in [4.69, 9.17) is 11.6 Å². The molecular weight excluding hydrogens is 266 g/mol. The Morgan fingerprint density at radius 3 is 2.89 bits per heavy atom. The van der Waals surface area contributed by atoms with Crippen LogP contribution in [0.4, 0.5) is 5.82 Å². The second kappa shape index (κ2) is 5.71. The van der Waals surface area contributed by atoms with E-state index in [9.17, 15) is 4.79 Å². The van der Waals surface area contributed by atoms with Gasteiger partial charge in [-0.15, -0.1) is 0 Å². The second-order valence-corrected chi connectivity index (χ2v) is 4.32. The van der Waals surface area contributed by atoms with Crippen LogP contribution in [0.2, 0.25) is 5.02 Å². The third-order valence-electron chi connectivity index (χ3n) is 2.65. The topological polar surface area (TPSA) is 71.8 Å². The summed E-state index contributed by atoms with van der Waals surface area (Å²) >= 11 is 5.97. The Morgan fingerprint density at radius 1 is 1.47 bits per heavy atom. The number of imidazole rings is 1. The maximum Gasteiger partial charge on any atom is 0.271 e. The number of aromatic nitrogens is 3. The van der Waals surface area contributed by atoms with Gasteiger partial charge in [0.1, 0.15) is 17.3 Å². The molecule has 0 fully saturated rings. The molecule has 100 valence electrons. The zero-order valence-corrected chi connectivity index (χ0v) is 11.4. The standard InChI is InChI=1S/C12H14ClN5O/c1-14-9-4-3-8(13)11(17-9)12(19)16-7-10-15-5-6-18(10)2/h3-6H,7H2,1-2H3,(H,14,17)(H,16,19). The van der Waals surface area contributed by atoms with Crippen LogP contribution in [-0.2, 0) is 13.6 Å². The molecule has 0 bridgehead atoms. The monoisotopic (exact) mass is 279 g/mol. The summed E-state index contributed by atoms with van der Waals surface area (Å²) in [7, 11) is 3.59. The maximum atomic E-state index is 12.0. The van der Waals surface area contributed by atoms with E-state index < -0.39 is 0 Å². The molecule has 0 spiro atoms. The van der Waals surface area contributed by atoms with Crippen LogP contribution >= 0.6 is 11.6 Å². The number of halogens is 1. The van der Waals surface area contributed by atoms with E-state index in [0.29, 0.717) is 17.4 Å². The first-order valence-electron chi connectivity index (χ1n) is 5.70. The highest BCUT2D eigenvalue weighted by molar-refractivity contribution is 6.33. The summed E-state index contributed by atoms with van der Waals surface area (Å²) in [6.45, 7) is 0.324. The Kier molecular flexibility index (Phi) is 4.01. The number of nitrogens with zero attached hydrogens (tertiary/aromatic N) is 3. The zero-order chi connectivity index (χ0) is 13.8. The molecule has 2 aromatic heterocycles. The van der Waals surface area contributed by atoms with Gasteiger partial charge in [-0.1, -0.05) is 11.6 Å². The molecule has 0 unspecified atom stereocenters. The van der Waals surface area contributed by atoms with Crippen molar-refractivity contribution in [2.45, 2.75) is 6.54 Å². The number of amides is 1. The summed E-state index contributed by atoms with van der Waals surface area (Å²) in [6.07, 6.45) is 3.49. The van der Waals surface area contributed by atoms with Crippen LogP contribution in [0.25, 0.3) is 0 Å². The fourth-order valence-electron chi connectivity index (χ4n) is 1.55. The maximum absolute atomic E-state index is 12.0. The third-order valence-corrected chi connectivity index (χ3v) is 2.95. The van der Waals surface area contributed by atoms with Gasteiger partial charge in [0.2, 0.25) is 0 Å².